The van der Waals surface area contributed by atoms with Crippen LogP contribution >= 0.6 is 11.3 Å². The number of carbonyl (C=O) groups is 1. The van der Waals surface area contributed by atoms with Crippen LogP contribution in [0.15, 0.2) is 65.1 Å². The van der Waals surface area contributed by atoms with Gasteiger partial charge in [-0.15, -0.1) is 11.3 Å². The van der Waals surface area contributed by atoms with Crippen LogP contribution in [-0.4, -0.2) is 55.1 Å². The van der Waals surface area contributed by atoms with Crippen LogP contribution in [0.25, 0.3) is 21.0 Å². The molecule has 4 aromatic rings. The number of nitrogens with zero attached hydrogens (tertiary/aromatic N) is 3. The molecule has 0 spiro atoms. The Morgan fingerprint density at radius 1 is 1.06 bits per heavy atom. The summed E-state index contributed by atoms with van der Waals surface area (Å²) in [7, 11) is 0. The number of thiazole rings is 1. The number of anilines is 1. The van der Waals surface area contributed by atoms with Crippen molar-refractivity contribution in [3.05, 3.63) is 72.0 Å². The van der Waals surface area contributed by atoms with Crippen LogP contribution in [0, 0.1) is 6.92 Å². The number of nitrogens with one attached hydrogen (secondary N) is 1. The molecule has 5 rings (SSSR count). The fraction of sp³-hybridized carbons (Fsp3) is 0.280. The lowest BCUT2D eigenvalue weighted by Gasteiger charge is -2.36. The molecule has 0 saturated carbocycles. The monoisotopic (exact) mass is 446 g/mol. The molecule has 1 fully saturated rings. The SMILES string of the molecule is Cc1cccc(N2CCN(CCNC(=O)c3ccc(-c4nc5ccccc5s4)o3)CC2)c1. The lowest BCUT2D eigenvalue weighted by Crippen LogP contribution is -2.48. The number of piperazine rings is 1. The first-order valence-electron chi connectivity index (χ1n) is 10.9. The van der Waals surface area contributed by atoms with Crippen LogP contribution in [0.3, 0.4) is 0 Å². The third-order valence-corrected chi connectivity index (χ3v) is 6.84. The molecule has 2 aromatic carbocycles. The number of hydrogen-bond donors (Lipinski definition) is 1. The summed E-state index contributed by atoms with van der Waals surface area (Å²) in [5, 5.41) is 3.77. The third-order valence-electron chi connectivity index (χ3n) is 5.79. The minimum atomic E-state index is -0.184. The van der Waals surface area contributed by atoms with Crippen molar-refractivity contribution in [3.8, 4) is 10.8 Å². The fourth-order valence-corrected chi connectivity index (χ4v) is 4.95. The Labute approximate surface area is 191 Å². The van der Waals surface area contributed by atoms with Gasteiger partial charge >= 0.3 is 0 Å². The van der Waals surface area contributed by atoms with E-state index in [1.807, 2.05) is 30.3 Å². The molecule has 164 valence electrons. The van der Waals surface area contributed by atoms with E-state index >= 15 is 0 Å². The predicted octanol–water partition coefficient (Wildman–Crippen LogP) is 4.42. The first-order chi connectivity index (χ1) is 15.7. The van der Waals surface area contributed by atoms with Gasteiger partial charge in [-0.05, 0) is 48.9 Å². The van der Waals surface area contributed by atoms with Gasteiger partial charge in [0.05, 0.1) is 10.2 Å². The highest BCUT2D eigenvalue weighted by Crippen LogP contribution is 2.31. The Hall–Kier alpha value is -3.16. The number of benzene rings is 2. The number of para-hydroxylation sites is 1. The summed E-state index contributed by atoms with van der Waals surface area (Å²) in [6.45, 7) is 7.55. The molecule has 6 nitrogen and oxygen atoms in total. The van der Waals surface area contributed by atoms with Gasteiger partial charge in [0, 0.05) is 45.0 Å². The van der Waals surface area contributed by atoms with Crippen molar-refractivity contribution in [2.75, 3.05) is 44.2 Å². The standard InChI is InChI=1S/C25H26N4O2S/c1-18-5-4-6-19(17-18)29-15-13-28(14-16-29)12-11-26-24(30)21-9-10-22(31-21)25-27-20-7-2-3-8-23(20)32-25/h2-10,17H,11-16H2,1H3,(H,26,30). The summed E-state index contributed by atoms with van der Waals surface area (Å²) in [6.07, 6.45) is 0. The van der Waals surface area contributed by atoms with Gasteiger partial charge in [0.2, 0.25) is 0 Å². The van der Waals surface area contributed by atoms with E-state index in [-0.39, 0.29) is 5.91 Å². The first-order valence-corrected chi connectivity index (χ1v) is 11.8. The lowest BCUT2D eigenvalue weighted by molar-refractivity contribution is 0.0921. The molecule has 2 aromatic heterocycles. The second-order valence-electron chi connectivity index (χ2n) is 8.07. The van der Waals surface area contributed by atoms with Crippen LogP contribution in [0.1, 0.15) is 16.1 Å². The topological polar surface area (TPSA) is 61.6 Å². The molecule has 1 aliphatic heterocycles. The van der Waals surface area contributed by atoms with Gasteiger partial charge in [-0.3, -0.25) is 9.69 Å². The van der Waals surface area contributed by atoms with E-state index in [1.54, 1.807) is 17.4 Å². The summed E-state index contributed by atoms with van der Waals surface area (Å²) in [5.41, 5.74) is 3.52. The zero-order chi connectivity index (χ0) is 21.9. The molecule has 0 unspecified atom stereocenters. The summed E-state index contributed by atoms with van der Waals surface area (Å²) in [6, 6.07) is 20.2. The van der Waals surface area contributed by atoms with Crippen molar-refractivity contribution in [2.45, 2.75) is 6.92 Å². The number of hydrogen-bond acceptors (Lipinski definition) is 6. The largest absolute Gasteiger partial charge is 0.448 e. The van der Waals surface area contributed by atoms with E-state index in [9.17, 15) is 4.79 Å². The maximum Gasteiger partial charge on any atom is 0.287 e. The fourth-order valence-electron chi connectivity index (χ4n) is 4.02. The minimum absolute atomic E-state index is 0.184. The van der Waals surface area contributed by atoms with Gasteiger partial charge in [-0.2, -0.15) is 0 Å². The Balaban J connectivity index is 1.10. The van der Waals surface area contributed by atoms with Crippen LogP contribution < -0.4 is 10.2 Å². The number of amides is 1. The average Bonchev–Trinajstić information content (AvgIpc) is 3.47. The number of carbonyl (C=O) groups excluding carboxylic acids is 1. The minimum Gasteiger partial charge on any atom is -0.448 e. The molecule has 32 heavy (non-hydrogen) atoms. The molecule has 0 atom stereocenters. The van der Waals surface area contributed by atoms with Gasteiger partial charge in [0.1, 0.15) is 0 Å². The predicted molar refractivity (Wildman–Crippen MR) is 129 cm³/mol. The van der Waals surface area contributed by atoms with Crippen molar-refractivity contribution in [3.63, 3.8) is 0 Å². The molecule has 3 heterocycles. The quantitative estimate of drug-likeness (QED) is 0.475. The average molecular weight is 447 g/mol. The highest BCUT2D eigenvalue weighted by molar-refractivity contribution is 7.21. The Morgan fingerprint density at radius 3 is 2.72 bits per heavy atom. The molecule has 1 aliphatic rings. The van der Waals surface area contributed by atoms with E-state index in [4.69, 9.17) is 4.42 Å². The Kier molecular flexibility index (Phi) is 5.92. The number of rotatable bonds is 6. The summed E-state index contributed by atoms with van der Waals surface area (Å²) in [4.78, 5) is 21.9. The molecule has 1 saturated heterocycles. The van der Waals surface area contributed by atoms with E-state index in [1.165, 1.54) is 11.3 Å². The van der Waals surface area contributed by atoms with Crippen molar-refractivity contribution in [1.29, 1.82) is 0 Å². The van der Waals surface area contributed by atoms with Crippen molar-refractivity contribution in [2.24, 2.45) is 0 Å². The van der Waals surface area contributed by atoms with Gasteiger partial charge in [-0.1, -0.05) is 24.3 Å². The highest BCUT2D eigenvalue weighted by atomic mass is 32.1. The number of aromatic nitrogens is 1. The van der Waals surface area contributed by atoms with Crippen LogP contribution in [0.5, 0.6) is 0 Å². The molecular formula is C25H26N4O2S. The van der Waals surface area contributed by atoms with Crippen LogP contribution in [0.2, 0.25) is 0 Å². The second-order valence-corrected chi connectivity index (χ2v) is 9.10. The van der Waals surface area contributed by atoms with Gasteiger partial charge in [-0.25, -0.2) is 4.98 Å². The molecule has 0 bridgehead atoms. The zero-order valence-electron chi connectivity index (χ0n) is 18.1. The maximum absolute atomic E-state index is 12.5. The first kappa shape index (κ1) is 20.7. The smallest absolute Gasteiger partial charge is 0.287 e. The summed E-state index contributed by atoms with van der Waals surface area (Å²) < 4.78 is 6.90. The van der Waals surface area contributed by atoms with Crippen molar-refractivity contribution >= 4 is 33.1 Å². The Bertz CT molecular complexity index is 1190. The molecular weight excluding hydrogens is 420 g/mol. The maximum atomic E-state index is 12.5. The zero-order valence-corrected chi connectivity index (χ0v) is 18.9. The highest BCUT2D eigenvalue weighted by Gasteiger charge is 2.18. The molecule has 0 radical (unpaired) electrons. The summed E-state index contributed by atoms with van der Waals surface area (Å²) in [5.74, 6) is 0.767. The van der Waals surface area contributed by atoms with Crippen molar-refractivity contribution in [1.82, 2.24) is 15.2 Å². The van der Waals surface area contributed by atoms with Crippen LogP contribution in [-0.2, 0) is 0 Å². The third kappa shape index (κ3) is 4.54. The molecule has 0 aliphatic carbocycles. The molecule has 1 N–H and O–H groups in total. The van der Waals surface area contributed by atoms with Crippen LogP contribution in [0.4, 0.5) is 5.69 Å². The van der Waals surface area contributed by atoms with Gasteiger partial charge < -0.3 is 14.6 Å². The Morgan fingerprint density at radius 2 is 1.91 bits per heavy atom. The molecule has 1 amide bonds. The van der Waals surface area contributed by atoms with Gasteiger partial charge in [0.15, 0.2) is 16.5 Å². The lowest BCUT2D eigenvalue weighted by atomic mass is 10.2. The van der Waals surface area contributed by atoms with Gasteiger partial charge in [0.25, 0.3) is 5.91 Å². The number of aryl methyl sites for hydroxylation is 1. The normalized spacial score (nSPS) is 14.7. The number of fused-ring (bicyclic) bond motifs is 1. The van der Waals surface area contributed by atoms with E-state index in [0.717, 1.165) is 47.9 Å². The second kappa shape index (κ2) is 9.14. The van der Waals surface area contributed by atoms with E-state index in [0.29, 0.717) is 18.1 Å². The number of furan rings is 1. The van der Waals surface area contributed by atoms with E-state index < -0.39 is 0 Å². The summed E-state index contributed by atoms with van der Waals surface area (Å²) >= 11 is 1.56. The molecule has 7 heteroatoms. The van der Waals surface area contributed by atoms with E-state index in [2.05, 4.69) is 51.3 Å². The van der Waals surface area contributed by atoms with Crippen molar-refractivity contribution < 1.29 is 9.21 Å².